The highest BCUT2D eigenvalue weighted by Gasteiger charge is 2.27. The summed E-state index contributed by atoms with van der Waals surface area (Å²) < 4.78 is 0. The van der Waals surface area contributed by atoms with Crippen molar-refractivity contribution in [2.75, 3.05) is 26.2 Å². The molecule has 1 atom stereocenters. The Kier molecular flexibility index (Phi) is 7.63. The van der Waals surface area contributed by atoms with Gasteiger partial charge in [-0.3, -0.25) is 14.8 Å². The van der Waals surface area contributed by atoms with Crippen LogP contribution in [-0.2, 0) is 13.1 Å². The van der Waals surface area contributed by atoms with Gasteiger partial charge in [0.2, 0.25) is 0 Å². The lowest BCUT2D eigenvalue weighted by molar-refractivity contribution is 0.0491. The van der Waals surface area contributed by atoms with E-state index in [2.05, 4.69) is 50.9 Å². The topological polar surface area (TPSA) is 59.8 Å². The Bertz CT molecular complexity index is 878. The van der Waals surface area contributed by atoms with E-state index >= 15 is 0 Å². The van der Waals surface area contributed by atoms with Gasteiger partial charge in [0, 0.05) is 56.6 Å². The van der Waals surface area contributed by atoms with Gasteiger partial charge in [0.15, 0.2) is 0 Å². The van der Waals surface area contributed by atoms with Gasteiger partial charge in [-0.1, -0.05) is 30.0 Å². The van der Waals surface area contributed by atoms with Crippen LogP contribution < -0.4 is 0 Å². The number of aromatic nitrogens is 1. The molecule has 2 N–H and O–H groups in total. The van der Waals surface area contributed by atoms with E-state index in [0.717, 1.165) is 56.1 Å². The standard InChI is InChI=1S/C25H33N3O2/c1-20-5-4-6-23(26-20)18-28-15-14-27(19-24(28)12-16-29)17-22-9-7-21(8-10-22)11-13-25(2,3)30/h4-10,24,29-30H,12,14-19H2,1-3H3. The van der Waals surface area contributed by atoms with Gasteiger partial charge in [0.05, 0.1) is 5.69 Å². The van der Waals surface area contributed by atoms with E-state index in [1.807, 2.05) is 25.1 Å². The summed E-state index contributed by atoms with van der Waals surface area (Å²) in [5.74, 6) is 5.87. The van der Waals surface area contributed by atoms with Crippen LogP contribution in [0.5, 0.6) is 0 Å². The smallest absolute Gasteiger partial charge is 0.120 e. The molecule has 5 heteroatoms. The second-order valence-electron chi connectivity index (χ2n) is 8.65. The molecule has 5 nitrogen and oxygen atoms in total. The normalized spacial score (nSPS) is 18.1. The van der Waals surface area contributed by atoms with Gasteiger partial charge in [0.1, 0.15) is 5.60 Å². The van der Waals surface area contributed by atoms with Crippen LogP contribution in [-0.4, -0.2) is 62.9 Å². The summed E-state index contributed by atoms with van der Waals surface area (Å²) in [6.07, 6.45) is 0.772. The van der Waals surface area contributed by atoms with Gasteiger partial charge in [-0.25, -0.2) is 0 Å². The van der Waals surface area contributed by atoms with Crippen molar-refractivity contribution in [3.63, 3.8) is 0 Å². The zero-order chi connectivity index (χ0) is 21.6. The third-order valence-electron chi connectivity index (χ3n) is 5.34. The fourth-order valence-electron chi connectivity index (χ4n) is 3.80. The van der Waals surface area contributed by atoms with Crippen molar-refractivity contribution in [3.8, 4) is 11.8 Å². The first-order valence-electron chi connectivity index (χ1n) is 10.7. The van der Waals surface area contributed by atoms with Crippen molar-refractivity contribution in [3.05, 3.63) is 65.0 Å². The minimum absolute atomic E-state index is 0.199. The Morgan fingerprint density at radius 2 is 1.87 bits per heavy atom. The molecule has 30 heavy (non-hydrogen) atoms. The molecule has 160 valence electrons. The first kappa shape index (κ1) is 22.5. The highest BCUT2D eigenvalue weighted by molar-refractivity contribution is 5.37. The molecule has 1 fully saturated rings. The van der Waals surface area contributed by atoms with Crippen molar-refractivity contribution >= 4 is 0 Å². The Hall–Kier alpha value is -2.23. The van der Waals surface area contributed by atoms with Crippen LogP contribution in [0.15, 0.2) is 42.5 Å². The van der Waals surface area contributed by atoms with E-state index < -0.39 is 5.60 Å². The van der Waals surface area contributed by atoms with Crippen LogP contribution >= 0.6 is 0 Å². The molecule has 2 heterocycles. The van der Waals surface area contributed by atoms with E-state index in [1.165, 1.54) is 5.56 Å². The third kappa shape index (κ3) is 6.93. The maximum Gasteiger partial charge on any atom is 0.120 e. The van der Waals surface area contributed by atoms with Crippen LogP contribution in [0.4, 0.5) is 0 Å². The summed E-state index contributed by atoms with van der Waals surface area (Å²) in [5, 5.41) is 19.3. The number of hydrogen-bond acceptors (Lipinski definition) is 5. The summed E-state index contributed by atoms with van der Waals surface area (Å²) in [5.41, 5.74) is 3.32. The van der Waals surface area contributed by atoms with Crippen LogP contribution in [0.3, 0.4) is 0 Å². The SMILES string of the molecule is Cc1cccc(CN2CCN(Cc3ccc(C#CC(C)(C)O)cc3)CC2CCO)n1. The lowest BCUT2D eigenvalue weighted by atomic mass is 10.1. The quantitative estimate of drug-likeness (QED) is 0.721. The Labute approximate surface area is 180 Å². The summed E-state index contributed by atoms with van der Waals surface area (Å²) in [4.78, 5) is 9.55. The van der Waals surface area contributed by atoms with Crippen molar-refractivity contribution in [1.82, 2.24) is 14.8 Å². The summed E-state index contributed by atoms with van der Waals surface area (Å²) >= 11 is 0. The molecular weight excluding hydrogens is 374 g/mol. The lowest BCUT2D eigenvalue weighted by Gasteiger charge is -2.41. The van der Waals surface area contributed by atoms with Gasteiger partial charge < -0.3 is 10.2 Å². The Balaban J connectivity index is 1.60. The number of aliphatic hydroxyl groups is 2. The number of nitrogens with zero attached hydrogens (tertiary/aromatic N) is 3. The maximum atomic E-state index is 9.74. The van der Waals surface area contributed by atoms with Gasteiger partial charge in [0.25, 0.3) is 0 Å². The molecule has 2 aromatic rings. The van der Waals surface area contributed by atoms with E-state index in [9.17, 15) is 10.2 Å². The first-order chi connectivity index (χ1) is 14.3. The average Bonchev–Trinajstić information content (AvgIpc) is 2.69. The summed E-state index contributed by atoms with van der Waals surface area (Å²) in [6.45, 7) is 10.2. The summed E-state index contributed by atoms with van der Waals surface area (Å²) in [6, 6.07) is 14.7. The number of hydrogen-bond donors (Lipinski definition) is 2. The van der Waals surface area contributed by atoms with Crippen molar-refractivity contribution in [2.24, 2.45) is 0 Å². The number of aryl methyl sites for hydroxylation is 1. The second kappa shape index (κ2) is 10.2. The molecule has 0 bridgehead atoms. The fourth-order valence-corrected chi connectivity index (χ4v) is 3.80. The molecule has 0 saturated carbocycles. The zero-order valence-corrected chi connectivity index (χ0v) is 18.3. The molecule has 1 aromatic heterocycles. The van der Waals surface area contributed by atoms with Gasteiger partial charge in [-0.15, -0.1) is 0 Å². The van der Waals surface area contributed by atoms with Crippen LogP contribution in [0.25, 0.3) is 0 Å². The zero-order valence-electron chi connectivity index (χ0n) is 18.3. The minimum atomic E-state index is -0.978. The Morgan fingerprint density at radius 1 is 1.10 bits per heavy atom. The van der Waals surface area contributed by atoms with Crippen LogP contribution in [0.1, 0.15) is 42.8 Å². The van der Waals surface area contributed by atoms with E-state index in [4.69, 9.17) is 0 Å². The maximum absolute atomic E-state index is 9.74. The number of benzene rings is 1. The molecule has 0 spiro atoms. The predicted octanol–water partition coefficient (Wildman–Crippen LogP) is 2.58. The number of aliphatic hydroxyl groups excluding tert-OH is 1. The predicted molar refractivity (Wildman–Crippen MR) is 120 cm³/mol. The summed E-state index contributed by atoms with van der Waals surface area (Å²) in [7, 11) is 0. The van der Waals surface area contributed by atoms with E-state index in [-0.39, 0.29) is 6.61 Å². The molecule has 3 rings (SSSR count). The lowest BCUT2D eigenvalue weighted by Crippen LogP contribution is -2.52. The monoisotopic (exact) mass is 407 g/mol. The largest absolute Gasteiger partial charge is 0.396 e. The molecule has 1 aromatic carbocycles. The van der Waals surface area contributed by atoms with E-state index in [1.54, 1.807) is 13.8 Å². The molecular formula is C25H33N3O2. The number of pyridine rings is 1. The highest BCUT2D eigenvalue weighted by Crippen LogP contribution is 2.18. The van der Waals surface area contributed by atoms with Gasteiger partial charge in [-0.2, -0.15) is 0 Å². The van der Waals surface area contributed by atoms with E-state index in [0.29, 0.717) is 6.04 Å². The second-order valence-corrected chi connectivity index (χ2v) is 8.65. The van der Waals surface area contributed by atoms with Gasteiger partial charge >= 0.3 is 0 Å². The minimum Gasteiger partial charge on any atom is -0.396 e. The number of piperazine rings is 1. The molecule has 1 aliphatic heterocycles. The fraction of sp³-hybridized carbons (Fsp3) is 0.480. The van der Waals surface area contributed by atoms with Crippen molar-refractivity contribution < 1.29 is 10.2 Å². The molecule has 1 unspecified atom stereocenters. The Morgan fingerprint density at radius 3 is 2.53 bits per heavy atom. The van der Waals surface area contributed by atoms with Crippen molar-refractivity contribution in [1.29, 1.82) is 0 Å². The van der Waals surface area contributed by atoms with Crippen LogP contribution in [0, 0.1) is 18.8 Å². The molecule has 0 radical (unpaired) electrons. The highest BCUT2D eigenvalue weighted by atomic mass is 16.3. The van der Waals surface area contributed by atoms with Gasteiger partial charge in [-0.05, 0) is 57.0 Å². The average molecular weight is 408 g/mol. The molecule has 0 amide bonds. The number of rotatable bonds is 6. The molecule has 1 saturated heterocycles. The first-order valence-corrected chi connectivity index (χ1v) is 10.7. The van der Waals surface area contributed by atoms with Crippen molar-refractivity contribution in [2.45, 2.75) is 51.9 Å². The van der Waals surface area contributed by atoms with Crippen LogP contribution in [0.2, 0.25) is 0 Å². The third-order valence-corrected chi connectivity index (χ3v) is 5.34. The molecule has 0 aliphatic carbocycles. The molecule has 1 aliphatic rings.